The summed E-state index contributed by atoms with van der Waals surface area (Å²) in [4.78, 5) is 3.06. The Morgan fingerprint density at radius 2 is 1.42 bits per heavy atom. The van der Waals surface area contributed by atoms with Crippen molar-refractivity contribution in [1.29, 1.82) is 5.39 Å². The first-order chi connectivity index (χ1) is 8.78. The van der Waals surface area contributed by atoms with E-state index in [0.29, 0.717) is 22.9 Å². The van der Waals surface area contributed by atoms with E-state index in [2.05, 4.69) is 4.98 Å². The lowest BCUT2D eigenvalue weighted by Crippen LogP contribution is -2.02. The fourth-order valence-corrected chi connectivity index (χ4v) is 1.16. The van der Waals surface area contributed by atoms with Crippen molar-refractivity contribution < 1.29 is 31.5 Å². The molecule has 1 aromatic carbocycles. The molecular formula is C9H11BF4N2O3. The molecule has 0 heterocycles. The molecular weight excluding hydrogens is 271 g/mol. The van der Waals surface area contributed by atoms with E-state index in [4.69, 9.17) is 19.6 Å². The first-order valence-corrected chi connectivity index (χ1v) is 4.79. The monoisotopic (exact) mass is 282 g/mol. The van der Waals surface area contributed by atoms with Gasteiger partial charge in [0.1, 0.15) is 0 Å². The fraction of sp³-hybridized carbons (Fsp3) is 0.333. The summed E-state index contributed by atoms with van der Waals surface area (Å²) in [6.07, 6.45) is 0. The minimum Gasteiger partial charge on any atom is -0.493 e. The quantitative estimate of drug-likeness (QED) is 0.483. The molecule has 0 amide bonds. The van der Waals surface area contributed by atoms with Gasteiger partial charge in [-0.2, -0.15) is 0 Å². The fourth-order valence-electron chi connectivity index (χ4n) is 1.16. The number of ether oxygens (including phenoxy) is 3. The van der Waals surface area contributed by atoms with Crippen LogP contribution in [0.4, 0.5) is 23.0 Å². The zero-order valence-corrected chi connectivity index (χ0v) is 10.4. The largest absolute Gasteiger partial charge is 0.673 e. The number of hydrogen-bond acceptors (Lipinski definition) is 4. The van der Waals surface area contributed by atoms with Crippen LogP contribution in [0.5, 0.6) is 17.2 Å². The highest BCUT2D eigenvalue weighted by atomic mass is 19.5. The average Bonchev–Trinajstić information content (AvgIpc) is 2.34. The molecule has 0 radical (unpaired) electrons. The zero-order chi connectivity index (χ0) is 15.1. The molecule has 0 aliphatic heterocycles. The van der Waals surface area contributed by atoms with Gasteiger partial charge in [-0.05, 0) is 6.07 Å². The number of rotatable bonds is 3. The highest BCUT2D eigenvalue weighted by Gasteiger charge is 2.23. The van der Waals surface area contributed by atoms with E-state index < -0.39 is 7.25 Å². The van der Waals surface area contributed by atoms with Crippen LogP contribution in [0.3, 0.4) is 0 Å². The smallest absolute Gasteiger partial charge is 0.493 e. The second kappa shape index (κ2) is 7.30. The summed E-state index contributed by atoms with van der Waals surface area (Å²) >= 11 is 0. The molecule has 0 aromatic heterocycles. The summed E-state index contributed by atoms with van der Waals surface area (Å²) < 4.78 is 54.2. The van der Waals surface area contributed by atoms with E-state index in [1.54, 1.807) is 12.1 Å². The van der Waals surface area contributed by atoms with Gasteiger partial charge in [0, 0.05) is 6.07 Å². The zero-order valence-electron chi connectivity index (χ0n) is 10.4. The molecule has 0 bridgehead atoms. The second-order valence-electron chi connectivity index (χ2n) is 2.95. The third kappa shape index (κ3) is 5.81. The van der Waals surface area contributed by atoms with Gasteiger partial charge in [0.25, 0.3) is 5.75 Å². The first-order valence-electron chi connectivity index (χ1n) is 4.79. The van der Waals surface area contributed by atoms with Gasteiger partial charge in [-0.1, -0.05) is 0 Å². The number of halogens is 4. The summed E-state index contributed by atoms with van der Waals surface area (Å²) in [5.41, 5.74) is 0.296. The van der Waals surface area contributed by atoms with Gasteiger partial charge in [-0.25, -0.2) is 0 Å². The van der Waals surface area contributed by atoms with Crippen LogP contribution in [0.2, 0.25) is 0 Å². The average molecular weight is 282 g/mol. The number of nitrogens with zero attached hydrogens (tertiary/aromatic N) is 2. The molecule has 0 fully saturated rings. The molecule has 0 atom stereocenters. The van der Waals surface area contributed by atoms with Crippen LogP contribution >= 0.6 is 0 Å². The third-order valence-corrected chi connectivity index (χ3v) is 1.79. The normalized spacial score (nSPS) is 9.79. The number of hydrogen-bond donors (Lipinski definition) is 0. The van der Waals surface area contributed by atoms with Gasteiger partial charge in [0.2, 0.25) is 11.1 Å². The molecule has 0 N–H and O–H groups in total. The van der Waals surface area contributed by atoms with Gasteiger partial charge in [-0.3, -0.25) is 0 Å². The van der Waals surface area contributed by atoms with Crippen LogP contribution in [0.15, 0.2) is 12.1 Å². The molecule has 0 unspecified atom stereocenters. The lowest BCUT2D eigenvalue weighted by molar-refractivity contribution is 0.325. The standard InChI is InChI=1S/C9H11N2O3.BF4/c1-12-7-5-4-6(11-10)8(13-2)9(7)14-3;2-1(3,4)5/h4-5H,1-3H3;/q+1;-1. The maximum absolute atomic E-state index is 9.75. The Hall–Kier alpha value is -2.18. The summed E-state index contributed by atoms with van der Waals surface area (Å²) in [5.74, 6) is 1.27. The Morgan fingerprint density at radius 1 is 0.947 bits per heavy atom. The Kier molecular flexibility index (Phi) is 6.47. The van der Waals surface area contributed by atoms with Crippen LogP contribution in [-0.4, -0.2) is 28.6 Å². The van der Waals surface area contributed by atoms with E-state index >= 15 is 0 Å². The molecule has 0 saturated heterocycles. The highest BCUT2D eigenvalue weighted by Crippen LogP contribution is 2.43. The molecule has 1 aromatic rings. The van der Waals surface area contributed by atoms with Crippen molar-refractivity contribution in [3.05, 3.63) is 17.1 Å². The molecule has 10 heteroatoms. The van der Waals surface area contributed by atoms with Gasteiger partial charge >= 0.3 is 12.9 Å². The maximum Gasteiger partial charge on any atom is 0.673 e. The topological polar surface area (TPSA) is 55.8 Å². The predicted molar refractivity (Wildman–Crippen MR) is 61.0 cm³/mol. The Bertz CT molecular complexity index is 456. The van der Waals surface area contributed by atoms with Gasteiger partial charge < -0.3 is 31.5 Å². The number of methoxy groups -OCH3 is 3. The lowest BCUT2D eigenvalue weighted by Gasteiger charge is -2.08. The van der Waals surface area contributed by atoms with Crippen molar-refractivity contribution in [3.8, 4) is 17.2 Å². The SMILES string of the molecule is COc1ccc([N+]#N)c(OC)c1OC.F[B-](F)(F)F. The molecule has 1 rings (SSSR count). The Morgan fingerprint density at radius 3 is 1.74 bits per heavy atom. The summed E-state index contributed by atoms with van der Waals surface area (Å²) in [6, 6.07) is 3.20. The first kappa shape index (κ1) is 16.8. The maximum atomic E-state index is 9.75. The van der Waals surface area contributed by atoms with Crippen LogP contribution < -0.4 is 14.2 Å². The molecule has 19 heavy (non-hydrogen) atoms. The van der Waals surface area contributed by atoms with Crippen molar-refractivity contribution in [2.24, 2.45) is 0 Å². The predicted octanol–water partition coefficient (Wildman–Crippen LogP) is 3.50. The van der Waals surface area contributed by atoms with E-state index in [1.165, 1.54) is 21.3 Å². The van der Waals surface area contributed by atoms with Gasteiger partial charge in [0.05, 0.1) is 21.3 Å². The van der Waals surface area contributed by atoms with Crippen LogP contribution in [0.25, 0.3) is 4.98 Å². The molecule has 0 aliphatic rings. The van der Waals surface area contributed by atoms with E-state index in [0.717, 1.165) is 0 Å². The van der Waals surface area contributed by atoms with Crippen LogP contribution in [0, 0.1) is 5.39 Å². The summed E-state index contributed by atoms with van der Waals surface area (Å²) in [7, 11) is -1.53. The van der Waals surface area contributed by atoms with Crippen molar-refractivity contribution in [3.63, 3.8) is 0 Å². The Balaban J connectivity index is 0.000000555. The Labute approximate surface area is 106 Å². The van der Waals surface area contributed by atoms with Crippen molar-refractivity contribution >= 4 is 12.9 Å². The summed E-state index contributed by atoms with van der Waals surface area (Å²) in [5, 5.41) is 8.68. The molecule has 5 nitrogen and oxygen atoms in total. The van der Waals surface area contributed by atoms with Crippen LogP contribution in [-0.2, 0) is 0 Å². The minimum atomic E-state index is -6.00. The van der Waals surface area contributed by atoms with E-state index in [9.17, 15) is 17.3 Å². The molecule has 0 aliphatic carbocycles. The molecule has 0 saturated carbocycles. The van der Waals surface area contributed by atoms with Gasteiger partial charge in [0.15, 0.2) is 10.7 Å². The summed E-state index contributed by atoms with van der Waals surface area (Å²) in [6.45, 7) is 0. The van der Waals surface area contributed by atoms with E-state index in [1.807, 2.05) is 0 Å². The number of benzene rings is 1. The van der Waals surface area contributed by atoms with Crippen molar-refractivity contribution in [2.75, 3.05) is 21.3 Å². The highest BCUT2D eigenvalue weighted by molar-refractivity contribution is 6.50. The van der Waals surface area contributed by atoms with Crippen molar-refractivity contribution in [2.45, 2.75) is 0 Å². The molecule has 0 spiro atoms. The van der Waals surface area contributed by atoms with Crippen LogP contribution in [0.1, 0.15) is 0 Å². The second-order valence-corrected chi connectivity index (χ2v) is 2.95. The molecule has 106 valence electrons. The minimum absolute atomic E-state index is 0.296. The third-order valence-electron chi connectivity index (χ3n) is 1.79. The van der Waals surface area contributed by atoms with Crippen molar-refractivity contribution in [1.82, 2.24) is 0 Å². The lowest BCUT2D eigenvalue weighted by atomic mass is 10.2. The van der Waals surface area contributed by atoms with E-state index in [-0.39, 0.29) is 0 Å². The van der Waals surface area contributed by atoms with Gasteiger partial charge in [-0.15, -0.1) is 0 Å². The number of diazo groups is 1.